The molecular formula is C26H24N2O5S. The lowest BCUT2D eigenvalue weighted by atomic mass is 10.1. The highest BCUT2D eigenvalue weighted by Gasteiger charge is 2.16. The van der Waals surface area contributed by atoms with Crippen LogP contribution in [0.1, 0.15) is 15.9 Å². The maximum atomic E-state index is 13.1. The van der Waals surface area contributed by atoms with Crippen molar-refractivity contribution in [3.8, 4) is 5.75 Å². The van der Waals surface area contributed by atoms with E-state index in [0.29, 0.717) is 22.6 Å². The number of hydrogen-bond donors (Lipinski definition) is 2. The Hall–Kier alpha value is -4.04. The van der Waals surface area contributed by atoms with Crippen molar-refractivity contribution >= 4 is 41.3 Å². The summed E-state index contributed by atoms with van der Waals surface area (Å²) >= 11 is 1.33. The first-order chi connectivity index (χ1) is 16.5. The third-order valence-electron chi connectivity index (χ3n) is 4.66. The number of amides is 2. The Kier molecular flexibility index (Phi) is 8.88. The fraction of sp³-hybridized carbons (Fsp3) is 0.115. The number of esters is 1. The molecule has 174 valence electrons. The van der Waals surface area contributed by atoms with Gasteiger partial charge < -0.3 is 20.1 Å². The van der Waals surface area contributed by atoms with Crippen LogP contribution in [0.3, 0.4) is 0 Å². The van der Waals surface area contributed by atoms with Gasteiger partial charge in [-0.15, -0.1) is 11.8 Å². The van der Waals surface area contributed by atoms with Gasteiger partial charge >= 0.3 is 5.97 Å². The Labute approximate surface area is 202 Å². The van der Waals surface area contributed by atoms with Crippen LogP contribution in [0.4, 0.5) is 5.69 Å². The Balaban J connectivity index is 1.81. The molecule has 7 nitrogen and oxygen atoms in total. The van der Waals surface area contributed by atoms with E-state index in [2.05, 4.69) is 15.4 Å². The van der Waals surface area contributed by atoms with E-state index in [9.17, 15) is 14.4 Å². The van der Waals surface area contributed by atoms with Crippen molar-refractivity contribution in [2.75, 3.05) is 25.3 Å². The predicted octanol–water partition coefficient (Wildman–Crippen LogP) is 4.37. The van der Waals surface area contributed by atoms with Gasteiger partial charge in [0.15, 0.2) is 0 Å². The summed E-state index contributed by atoms with van der Waals surface area (Å²) in [4.78, 5) is 38.0. The largest absolute Gasteiger partial charge is 0.496 e. The van der Waals surface area contributed by atoms with Crippen LogP contribution in [0.15, 0.2) is 89.5 Å². The van der Waals surface area contributed by atoms with Gasteiger partial charge in [0.2, 0.25) is 0 Å². The maximum Gasteiger partial charge on any atom is 0.315 e. The zero-order chi connectivity index (χ0) is 24.3. The molecule has 0 fully saturated rings. The van der Waals surface area contributed by atoms with Crippen LogP contribution in [0.2, 0.25) is 0 Å². The third-order valence-corrected chi connectivity index (χ3v) is 5.65. The summed E-state index contributed by atoms with van der Waals surface area (Å²) < 4.78 is 10.0. The van der Waals surface area contributed by atoms with Gasteiger partial charge in [0.05, 0.1) is 20.0 Å². The predicted molar refractivity (Wildman–Crippen MR) is 133 cm³/mol. The minimum absolute atomic E-state index is 0.0579. The van der Waals surface area contributed by atoms with Gasteiger partial charge in [-0.1, -0.05) is 36.4 Å². The van der Waals surface area contributed by atoms with Gasteiger partial charge in [-0.25, -0.2) is 0 Å². The summed E-state index contributed by atoms with van der Waals surface area (Å²) in [6.45, 7) is 0. The first kappa shape index (κ1) is 24.6. The molecule has 0 heterocycles. The van der Waals surface area contributed by atoms with Crippen LogP contribution < -0.4 is 15.4 Å². The lowest BCUT2D eigenvalue weighted by molar-refractivity contribution is -0.137. The fourth-order valence-electron chi connectivity index (χ4n) is 2.92. The normalized spacial score (nSPS) is 10.8. The molecule has 0 aromatic heterocycles. The van der Waals surface area contributed by atoms with E-state index < -0.39 is 11.8 Å². The van der Waals surface area contributed by atoms with Crippen molar-refractivity contribution in [3.63, 3.8) is 0 Å². The second kappa shape index (κ2) is 12.3. The smallest absolute Gasteiger partial charge is 0.315 e. The molecule has 0 bridgehead atoms. The summed E-state index contributed by atoms with van der Waals surface area (Å²) in [5, 5.41) is 5.50. The summed E-state index contributed by atoms with van der Waals surface area (Å²) in [6.07, 6.45) is 1.57. The topological polar surface area (TPSA) is 93.7 Å². The molecule has 8 heteroatoms. The first-order valence-electron chi connectivity index (χ1n) is 10.3. The van der Waals surface area contributed by atoms with E-state index in [1.165, 1.54) is 26.0 Å². The molecule has 3 aromatic carbocycles. The third kappa shape index (κ3) is 6.98. The molecule has 0 saturated heterocycles. The Bertz CT molecular complexity index is 1180. The van der Waals surface area contributed by atoms with E-state index in [0.717, 1.165) is 4.90 Å². The van der Waals surface area contributed by atoms with Gasteiger partial charge in [0, 0.05) is 21.7 Å². The van der Waals surface area contributed by atoms with Crippen LogP contribution >= 0.6 is 11.8 Å². The fourth-order valence-corrected chi connectivity index (χ4v) is 3.65. The van der Waals surface area contributed by atoms with Crippen molar-refractivity contribution < 1.29 is 23.9 Å². The molecule has 34 heavy (non-hydrogen) atoms. The number of methoxy groups -OCH3 is 2. The van der Waals surface area contributed by atoms with Crippen LogP contribution in [0.5, 0.6) is 5.75 Å². The first-order valence-corrected chi connectivity index (χ1v) is 11.3. The number of carbonyl (C=O) groups excluding carboxylic acids is 3. The minimum Gasteiger partial charge on any atom is -0.496 e. The molecule has 0 radical (unpaired) electrons. The molecule has 2 amide bonds. The zero-order valence-corrected chi connectivity index (χ0v) is 19.6. The molecule has 0 aliphatic carbocycles. The molecule has 3 rings (SSSR count). The van der Waals surface area contributed by atoms with Crippen molar-refractivity contribution in [2.45, 2.75) is 4.90 Å². The average Bonchev–Trinajstić information content (AvgIpc) is 2.88. The van der Waals surface area contributed by atoms with Crippen molar-refractivity contribution in [2.24, 2.45) is 0 Å². The van der Waals surface area contributed by atoms with Gasteiger partial charge in [0.1, 0.15) is 11.4 Å². The van der Waals surface area contributed by atoms with Crippen molar-refractivity contribution in [1.82, 2.24) is 5.32 Å². The van der Waals surface area contributed by atoms with E-state index in [4.69, 9.17) is 4.74 Å². The number of hydrogen-bond acceptors (Lipinski definition) is 6. The lowest BCUT2D eigenvalue weighted by Crippen LogP contribution is -2.30. The van der Waals surface area contributed by atoms with E-state index in [1.807, 2.05) is 18.2 Å². The quantitative estimate of drug-likeness (QED) is 0.271. The molecule has 0 aliphatic heterocycles. The van der Waals surface area contributed by atoms with Crippen molar-refractivity contribution in [3.05, 3.63) is 95.7 Å². The van der Waals surface area contributed by atoms with E-state index >= 15 is 0 Å². The molecule has 2 N–H and O–H groups in total. The average molecular weight is 477 g/mol. The highest BCUT2D eigenvalue weighted by Crippen LogP contribution is 2.22. The molecule has 0 atom stereocenters. The van der Waals surface area contributed by atoms with Gasteiger partial charge in [-0.3, -0.25) is 14.4 Å². The van der Waals surface area contributed by atoms with E-state index in [-0.39, 0.29) is 17.4 Å². The molecule has 0 spiro atoms. The van der Waals surface area contributed by atoms with Crippen LogP contribution in [0.25, 0.3) is 6.08 Å². The molecule has 0 aliphatic rings. The minimum atomic E-state index is -0.495. The zero-order valence-electron chi connectivity index (χ0n) is 18.7. The number of para-hydroxylation sites is 1. The van der Waals surface area contributed by atoms with Gasteiger partial charge in [-0.2, -0.15) is 0 Å². The monoisotopic (exact) mass is 476 g/mol. The lowest BCUT2D eigenvalue weighted by Gasteiger charge is -2.13. The Morgan fingerprint density at radius 1 is 0.882 bits per heavy atom. The second-order valence-corrected chi connectivity index (χ2v) is 8.01. The highest BCUT2D eigenvalue weighted by molar-refractivity contribution is 8.00. The summed E-state index contributed by atoms with van der Waals surface area (Å²) in [6, 6.07) is 22.8. The summed E-state index contributed by atoms with van der Waals surface area (Å²) in [7, 11) is 2.88. The molecule has 0 saturated carbocycles. The SMILES string of the molecule is COC(=O)CSc1ccc(NC(=O)/C(=C/c2ccccc2OC)NC(=O)c2ccccc2)cc1. The number of anilines is 1. The second-order valence-electron chi connectivity index (χ2n) is 6.96. The molecule has 3 aromatic rings. The number of nitrogens with one attached hydrogen (secondary N) is 2. The van der Waals surface area contributed by atoms with Crippen molar-refractivity contribution in [1.29, 1.82) is 0 Å². The summed E-state index contributed by atoms with van der Waals surface area (Å²) in [5.74, 6) is -0.465. The number of thioether (sulfide) groups is 1. The van der Waals surface area contributed by atoms with Crippen LogP contribution in [0, 0.1) is 0 Å². The molecule has 0 unspecified atom stereocenters. The molecular weight excluding hydrogens is 452 g/mol. The van der Waals surface area contributed by atoms with E-state index in [1.54, 1.807) is 66.7 Å². The maximum absolute atomic E-state index is 13.1. The number of ether oxygens (including phenoxy) is 2. The standard InChI is InChI=1S/C26H24N2O5S/c1-32-23-11-7-6-10-19(23)16-22(28-25(30)18-8-4-3-5-9-18)26(31)27-20-12-14-21(15-13-20)34-17-24(29)33-2/h3-16H,17H2,1-2H3,(H,27,31)(H,28,30)/b22-16-. The number of rotatable bonds is 9. The van der Waals surface area contributed by atoms with Gasteiger partial charge in [-0.05, 0) is 48.5 Å². The Morgan fingerprint density at radius 2 is 1.56 bits per heavy atom. The van der Waals surface area contributed by atoms with Crippen LogP contribution in [-0.4, -0.2) is 37.8 Å². The Morgan fingerprint density at radius 3 is 2.24 bits per heavy atom. The van der Waals surface area contributed by atoms with Gasteiger partial charge in [0.25, 0.3) is 11.8 Å². The number of benzene rings is 3. The number of carbonyl (C=O) groups is 3. The van der Waals surface area contributed by atoms with Crippen LogP contribution in [-0.2, 0) is 14.3 Å². The highest BCUT2D eigenvalue weighted by atomic mass is 32.2. The summed E-state index contributed by atoms with van der Waals surface area (Å²) in [5.41, 5.74) is 1.65.